The lowest BCUT2D eigenvalue weighted by molar-refractivity contribution is -0.217. The van der Waals surface area contributed by atoms with Crippen molar-refractivity contribution in [3.63, 3.8) is 0 Å². The number of aromatic nitrogens is 1. The van der Waals surface area contributed by atoms with Crippen molar-refractivity contribution < 1.29 is 32.3 Å². The molecule has 4 N–H and O–H groups in total. The molecule has 3 amide bonds. The lowest BCUT2D eigenvalue weighted by Gasteiger charge is -2.45. The van der Waals surface area contributed by atoms with Gasteiger partial charge in [0.1, 0.15) is 5.82 Å². The summed E-state index contributed by atoms with van der Waals surface area (Å²) in [5, 5.41) is 16.9. The minimum absolute atomic E-state index is 0.0762. The molecular weight excluding hydrogens is 478 g/mol. The van der Waals surface area contributed by atoms with Crippen LogP contribution in [0, 0.1) is 5.82 Å². The molecule has 1 aromatic heterocycles. The highest BCUT2D eigenvalue weighted by molar-refractivity contribution is 7.22. The molecule has 0 bridgehead atoms. The highest BCUT2D eigenvalue weighted by Gasteiger charge is 2.64. The molecule has 0 radical (unpaired) electrons. The predicted octanol–water partition coefficient (Wildman–Crippen LogP) is 3.26. The maximum atomic E-state index is 14.3. The van der Waals surface area contributed by atoms with E-state index in [9.17, 15) is 32.3 Å². The molecule has 4 rings (SSSR count). The van der Waals surface area contributed by atoms with Crippen LogP contribution in [0.4, 0.5) is 33.2 Å². The number of benzene rings is 2. The summed E-state index contributed by atoms with van der Waals surface area (Å²) in [6.45, 7) is -0.664. The van der Waals surface area contributed by atoms with Gasteiger partial charge >= 0.3 is 12.2 Å². The molecule has 13 heteroatoms. The summed E-state index contributed by atoms with van der Waals surface area (Å²) in [6, 6.07) is 7.09. The van der Waals surface area contributed by atoms with Crippen molar-refractivity contribution >= 4 is 44.3 Å². The average molecular weight is 497 g/mol. The molecule has 1 aliphatic heterocycles. The van der Waals surface area contributed by atoms with Crippen LogP contribution in [0.1, 0.15) is 5.56 Å². The van der Waals surface area contributed by atoms with Crippen LogP contribution in [-0.4, -0.2) is 59.3 Å². The number of fused-ring (bicyclic) bond motifs is 1. The van der Waals surface area contributed by atoms with E-state index in [-0.39, 0.29) is 17.2 Å². The summed E-state index contributed by atoms with van der Waals surface area (Å²) >= 11 is 0.922. The molecule has 2 atom stereocenters. The second-order valence-electron chi connectivity index (χ2n) is 7.74. The predicted molar refractivity (Wildman–Crippen MR) is 118 cm³/mol. The number of alkyl halides is 3. The van der Waals surface area contributed by atoms with E-state index in [0.29, 0.717) is 15.9 Å². The fraction of sp³-hybridized carbons (Fsp3) is 0.286. The van der Waals surface area contributed by atoms with Crippen LogP contribution in [0.5, 0.6) is 0 Å². The molecule has 8 nitrogen and oxygen atoms in total. The molecule has 0 saturated carbocycles. The van der Waals surface area contributed by atoms with E-state index in [2.05, 4.69) is 20.9 Å². The second kappa shape index (κ2) is 8.81. The van der Waals surface area contributed by atoms with Crippen LogP contribution >= 0.6 is 11.3 Å². The number of likely N-dealkylation sites (N-methyl/N-ethyl adjacent to an activating group) is 1. The summed E-state index contributed by atoms with van der Waals surface area (Å²) < 4.78 is 56.3. The van der Waals surface area contributed by atoms with Crippen LogP contribution in [0.3, 0.4) is 0 Å². The first-order valence-electron chi connectivity index (χ1n) is 9.99. The van der Waals surface area contributed by atoms with E-state index in [1.807, 2.05) is 0 Å². The fourth-order valence-electron chi connectivity index (χ4n) is 3.79. The van der Waals surface area contributed by atoms with Gasteiger partial charge in [0.05, 0.1) is 16.8 Å². The number of aliphatic hydroxyl groups excluding tert-OH is 1. The molecule has 1 fully saturated rings. The minimum Gasteiger partial charge on any atom is -0.395 e. The first kappa shape index (κ1) is 23.9. The Morgan fingerprint density at radius 1 is 1.26 bits per heavy atom. The lowest BCUT2D eigenvalue weighted by atomic mass is 9.84. The van der Waals surface area contributed by atoms with Crippen LogP contribution in [-0.2, 0) is 10.3 Å². The molecule has 0 spiro atoms. The van der Waals surface area contributed by atoms with Gasteiger partial charge in [0.25, 0.3) is 5.91 Å². The number of carbonyl (C=O) groups excluding carboxylic acids is 2. The zero-order valence-corrected chi connectivity index (χ0v) is 18.4. The second-order valence-corrected chi connectivity index (χ2v) is 8.78. The number of thiazole rings is 1. The monoisotopic (exact) mass is 497 g/mol. The number of hydrogen-bond donors (Lipinski definition) is 4. The number of carbonyl (C=O) groups is 2. The maximum absolute atomic E-state index is 14.3. The number of amides is 3. The molecule has 180 valence electrons. The molecule has 1 saturated heterocycles. The third-order valence-corrected chi connectivity index (χ3v) is 6.31. The number of nitrogens with zero attached hydrogens (tertiary/aromatic N) is 2. The minimum atomic E-state index is -5.00. The lowest BCUT2D eigenvalue weighted by Crippen LogP contribution is -2.71. The number of nitrogens with one attached hydrogen (secondary N) is 3. The van der Waals surface area contributed by atoms with Gasteiger partial charge in [-0.1, -0.05) is 17.4 Å². The molecule has 34 heavy (non-hydrogen) atoms. The Bertz CT molecular complexity index is 1230. The van der Waals surface area contributed by atoms with E-state index >= 15 is 0 Å². The molecule has 0 aliphatic carbocycles. The van der Waals surface area contributed by atoms with Crippen LogP contribution in [0.15, 0.2) is 42.5 Å². The Morgan fingerprint density at radius 3 is 2.62 bits per heavy atom. The Labute approximate surface area is 194 Å². The highest BCUT2D eigenvalue weighted by Crippen LogP contribution is 2.43. The molecule has 2 heterocycles. The van der Waals surface area contributed by atoms with Crippen LogP contribution in [0.2, 0.25) is 0 Å². The van der Waals surface area contributed by atoms with Crippen molar-refractivity contribution in [2.75, 3.05) is 30.8 Å². The van der Waals surface area contributed by atoms with Crippen molar-refractivity contribution in [3.8, 4) is 0 Å². The maximum Gasteiger partial charge on any atom is 0.419 e. The third-order valence-electron chi connectivity index (χ3n) is 5.37. The van der Waals surface area contributed by atoms with Gasteiger partial charge in [-0.15, -0.1) is 0 Å². The first-order chi connectivity index (χ1) is 16.0. The number of urea groups is 1. The SMILES string of the molecule is CN1C[C@@H](CO)NC(c2ccc3nc(NC(=O)Nc4ccc(F)cc4)sc3c2)(C(F)(F)F)C1=O. The van der Waals surface area contributed by atoms with Gasteiger partial charge in [-0.25, -0.2) is 14.2 Å². The molecule has 1 aliphatic rings. The Hall–Kier alpha value is -3.29. The smallest absolute Gasteiger partial charge is 0.395 e. The molecule has 1 unspecified atom stereocenters. The van der Waals surface area contributed by atoms with E-state index < -0.39 is 42.1 Å². The van der Waals surface area contributed by atoms with Crippen molar-refractivity contribution in [1.82, 2.24) is 15.2 Å². The van der Waals surface area contributed by atoms with Gasteiger partial charge in [-0.2, -0.15) is 13.2 Å². The van der Waals surface area contributed by atoms with Crippen molar-refractivity contribution in [3.05, 3.63) is 53.8 Å². The third kappa shape index (κ3) is 4.29. The average Bonchev–Trinajstić information content (AvgIpc) is 3.17. The van der Waals surface area contributed by atoms with E-state index in [0.717, 1.165) is 22.3 Å². The van der Waals surface area contributed by atoms with E-state index in [1.54, 1.807) is 0 Å². The Balaban J connectivity index is 1.64. The van der Waals surface area contributed by atoms with Gasteiger partial charge in [-0.3, -0.25) is 15.4 Å². The number of halogens is 4. The molecule has 3 aromatic rings. The summed E-state index contributed by atoms with van der Waals surface area (Å²) in [6.07, 6.45) is -5.00. The van der Waals surface area contributed by atoms with Crippen molar-refractivity contribution in [2.45, 2.75) is 17.8 Å². The van der Waals surface area contributed by atoms with Gasteiger partial charge < -0.3 is 15.3 Å². The fourth-order valence-corrected chi connectivity index (χ4v) is 4.69. The van der Waals surface area contributed by atoms with Crippen molar-refractivity contribution in [2.24, 2.45) is 0 Å². The highest BCUT2D eigenvalue weighted by atomic mass is 32.1. The van der Waals surface area contributed by atoms with Gasteiger partial charge in [0.2, 0.25) is 5.54 Å². The van der Waals surface area contributed by atoms with Crippen LogP contribution in [0.25, 0.3) is 10.2 Å². The Morgan fingerprint density at radius 2 is 1.97 bits per heavy atom. The van der Waals surface area contributed by atoms with Gasteiger partial charge in [0, 0.05) is 25.3 Å². The zero-order chi connectivity index (χ0) is 24.7. The van der Waals surface area contributed by atoms with E-state index in [4.69, 9.17) is 0 Å². The number of anilines is 2. The quantitative estimate of drug-likeness (QED) is 0.414. The Kier molecular flexibility index (Phi) is 6.18. The van der Waals surface area contributed by atoms with Crippen molar-refractivity contribution in [1.29, 1.82) is 0 Å². The summed E-state index contributed by atoms with van der Waals surface area (Å²) in [4.78, 5) is 30.1. The van der Waals surface area contributed by atoms with E-state index in [1.165, 1.54) is 43.4 Å². The summed E-state index contributed by atoms with van der Waals surface area (Å²) in [7, 11) is 1.25. The normalized spacial score (nSPS) is 21.1. The standard InChI is InChI=1S/C21H19F4N5O3S/c1-30-9-14(10-31)29-20(17(30)32,21(23,24)25)11-2-7-15-16(8-11)34-19(27-15)28-18(33)26-13-5-3-12(22)4-6-13/h2-8,14,29,31H,9-10H2,1H3,(H2,26,27,28,33)/t14-,20?/m0/s1. The number of rotatable bonds is 4. The largest absolute Gasteiger partial charge is 0.419 e. The topological polar surface area (TPSA) is 107 Å². The van der Waals surface area contributed by atoms with Gasteiger partial charge in [-0.05, 0) is 42.0 Å². The van der Waals surface area contributed by atoms with Gasteiger partial charge in [0.15, 0.2) is 5.13 Å². The summed E-state index contributed by atoms with van der Waals surface area (Å²) in [5.74, 6) is -1.66. The summed E-state index contributed by atoms with van der Waals surface area (Å²) in [5.41, 5.74) is -2.75. The number of hydrogen-bond acceptors (Lipinski definition) is 6. The molecule has 2 aromatic carbocycles. The number of aliphatic hydroxyl groups is 1. The number of piperazine rings is 1. The molecular formula is C21H19F4N5O3S. The zero-order valence-electron chi connectivity index (χ0n) is 17.6. The first-order valence-corrected chi connectivity index (χ1v) is 10.8. The van der Waals surface area contributed by atoms with Crippen LogP contribution < -0.4 is 16.0 Å².